The van der Waals surface area contributed by atoms with Crippen LogP contribution in [0.4, 0.5) is 22.7 Å². The summed E-state index contributed by atoms with van der Waals surface area (Å²) in [5, 5.41) is 44.0. The number of rotatable bonds is 16. The zero-order valence-corrected chi connectivity index (χ0v) is 35.4. The Balaban J connectivity index is 1.08. The first kappa shape index (κ1) is 46.0. The number of benzene rings is 5. The van der Waals surface area contributed by atoms with Gasteiger partial charge in [-0.3, -0.25) is 28.5 Å². The number of nitrogens with zero attached hydrogens (tertiary/aromatic N) is 2. The van der Waals surface area contributed by atoms with E-state index in [-0.39, 0.29) is 63.3 Å². The minimum Gasteiger partial charge on any atom is -0.508 e. The Morgan fingerprint density at radius 1 is 0.738 bits per heavy atom. The second-order valence-corrected chi connectivity index (χ2v) is 15.4. The van der Waals surface area contributed by atoms with Gasteiger partial charge in [-0.1, -0.05) is 12.1 Å². The largest absolute Gasteiger partial charge is 0.508 e. The van der Waals surface area contributed by atoms with Gasteiger partial charge in [-0.15, -0.1) is 0 Å². The summed E-state index contributed by atoms with van der Waals surface area (Å²) in [5.74, 6) is -3.95. The fourth-order valence-corrected chi connectivity index (χ4v) is 6.61. The zero-order chi connectivity index (χ0) is 46.8. The lowest BCUT2D eigenvalue weighted by Crippen LogP contribution is -2.45. The summed E-state index contributed by atoms with van der Waals surface area (Å²) in [7, 11) is -2.13. The van der Waals surface area contributed by atoms with Crippen LogP contribution in [0.25, 0.3) is 6.08 Å². The maximum Gasteiger partial charge on any atom is 0.294 e. The fourth-order valence-electron chi connectivity index (χ4n) is 6.12. The Morgan fingerprint density at radius 2 is 1.35 bits per heavy atom. The van der Waals surface area contributed by atoms with Gasteiger partial charge in [-0.25, -0.2) is 0 Å². The number of hydrogen-bond donors (Lipinski definition) is 9. The Morgan fingerprint density at radius 3 is 1.95 bits per heavy atom. The molecule has 0 saturated carbocycles. The average Bonchev–Trinajstić information content (AvgIpc) is 3.80. The lowest BCUT2D eigenvalue weighted by molar-refractivity contribution is -0.118. The fraction of sp³-hybridized carbons (Fsp3) is 0.114. The van der Waals surface area contributed by atoms with Crippen molar-refractivity contribution in [2.45, 2.75) is 24.3 Å². The van der Waals surface area contributed by atoms with Gasteiger partial charge in [0.15, 0.2) is 11.5 Å². The van der Waals surface area contributed by atoms with Gasteiger partial charge in [0.05, 0.1) is 47.9 Å². The van der Waals surface area contributed by atoms with Crippen LogP contribution in [-0.4, -0.2) is 88.4 Å². The molecular formula is C44H40N8O12S. The monoisotopic (exact) mass is 904 g/mol. The summed E-state index contributed by atoms with van der Waals surface area (Å²) in [4.78, 5) is 65.7. The molecule has 0 aliphatic rings. The molecule has 1 atom stereocenters. The maximum absolute atomic E-state index is 13.6. The SMILES string of the molecule is COc1cc(S(=O)(=O)O)ccc1NC(=O)c1ccc(NC(=O)c2ccc(NC(=O)[C@H](Cc3cn[nH]n3)NC(=O)c3ccc(NC(=O)/C(C)=C/c4ccc(O)cc4)cc3)cc2)c(OC)c1O. The van der Waals surface area contributed by atoms with E-state index in [2.05, 4.69) is 42.0 Å². The second-order valence-electron chi connectivity index (χ2n) is 14.0. The van der Waals surface area contributed by atoms with Gasteiger partial charge in [-0.2, -0.15) is 23.8 Å². The topological polar surface area (TPSA) is 300 Å². The molecule has 6 rings (SSSR count). The predicted molar refractivity (Wildman–Crippen MR) is 237 cm³/mol. The van der Waals surface area contributed by atoms with E-state index in [0.29, 0.717) is 17.0 Å². The van der Waals surface area contributed by atoms with Crippen molar-refractivity contribution >= 4 is 68.5 Å². The van der Waals surface area contributed by atoms with Crippen LogP contribution in [0.2, 0.25) is 0 Å². The third kappa shape index (κ3) is 11.7. The predicted octanol–water partition coefficient (Wildman–Crippen LogP) is 5.01. The molecule has 0 aliphatic heterocycles. The number of phenols is 2. The molecule has 0 saturated heterocycles. The number of carbonyl (C=O) groups is 5. The number of H-pyrrole nitrogens is 1. The molecule has 6 aromatic rings. The molecule has 0 aliphatic carbocycles. The van der Waals surface area contributed by atoms with Gasteiger partial charge in [0.1, 0.15) is 17.5 Å². The zero-order valence-electron chi connectivity index (χ0n) is 34.6. The van der Waals surface area contributed by atoms with Crippen molar-refractivity contribution in [3.63, 3.8) is 0 Å². The number of phenolic OH excluding ortho intramolecular Hbond substituents is 2. The lowest BCUT2D eigenvalue weighted by Gasteiger charge is -2.18. The van der Waals surface area contributed by atoms with Crippen LogP contribution in [0.15, 0.2) is 120 Å². The number of amides is 5. The van der Waals surface area contributed by atoms with Crippen molar-refractivity contribution in [2.24, 2.45) is 0 Å². The number of methoxy groups -OCH3 is 2. The average molecular weight is 905 g/mol. The summed E-state index contributed by atoms with van der Waals surface area (Å²) >= 11 is 0. The van der Waals surface area contributed by atoms with E-state index in [1.165, 1.54) is 99.3 Å². The highest BCUT2D eigenvalue weighted by atomic mass is 32.2. The molecule has 0 unspecified atom stereocenters. The van der Waals surface area contributed by atoms with Gasteiger partial charge < -0.3 is 46.3 Å². The molecule has 0 fully saturated rings. The molecule has 0 bridgehead atoms. The number of aromatic nitrogens is 3. The summed E-state index contributed by atoms with van der Waals surface area (Å²) < 4.78 is 42.8. The number of carbonyl (C=O) groups excluding carboxylic acids is 5. The summed E-state index contributed by atoms with van der Waals surface area (Å²) in [6.07, 6.45) is 3.02. The van der Waals surface area contributed by atoms with Crippen LogP contribution in [-0.2, 0) is 26.1 Å². The Hall–Kier alpha value is -8.56. The lowest BCUT2D eigenvalue weighted by atomic mass is 10.1. The number of nitrogens with one attached hydrogen (secondary N) is 6. The van der Waals surface area contributed by atoms with Crippen molar-refractivity contribution in [1.82, 2.24) is 20.7 Å². The number of aromatic hydroxyl groups is 2. The van der Waals surface area contributed by atoms with E-state index in [0.717, 1.165) is 17.7 Å². The molecule has 5 amide bonds. The first-order chi connectivity index (χ1) is 31.0. The third-order valence-electron chi connectivity index (χ3n) is 9.50. The Bertz CT molecular complexity index is 2890. The summed E-state index contributed by atoms with van der Waals surface area (Å²) in [6, 6.07) is 22.8. The summed E-state index contributed by atoms with van der Waals surface area (Å²) in [5.41, 5.74) is 2.28. The normalized spacial score (nSPS) is 11.7. The molecule has 21 heteroatoms. The van der Waals surface area contributed by atoms with Crippen molar-refractivity contribution in [3.8, 4) is 23.0 Å². The van der Waals surface area contributed by atoms with E-state index in [1.54, 1.807) is 25.1 Å². The molecule has 9 N–H and O–H groups in total. The molecule has 65 heavy (non-hydrogen) atoms. The minimum atomic E-state index is -4.55. The second kappa shape index (κ2) is 20.1. The first-order valence-electron chi connectivity index (χ1n) is 19.2. The highest BCUT2D eigenvalue weighted by Crippen LogP contribution is 2.38. The quantitative estimate of drug-likeness (QED) is 0.0456. The van der Waals surface area contributed by atoms with Crippen LogP contribution >= 0.6 is 0 Å². The number of anilines is 4. The van der Waals surface area contributed by atoms with Crippen molar-refractivity contribution in [3.05, 3.63) is 143 Å². The summed E-state index contributed by atoms with van der Waals surface area (Å²) in [6.45, 7) is 1.64. The standard InChI is InChI=1S/C44H40N8O12S/c1-24(20-25-4-14-31(53)15-5-25)40(55)46-28-10-6-27(7-11-28)42(57)50-36(21-30-23-45-52-51-30)44(59)47-29-12-8-26(9-13-29)41(56)49-35-19-17-33(38(54)39(35)64-3)43(58)48-34-18-16-32(65(60,61)62)22-37(34)63-2/h4-20,22-23,36,53-54H,21H2,1-3H3,(H,46,55)(H,47,59)(H,48,58)(H,49,56)(H,50,57)(H,45,51,52)(H,60,61,62)/b24-20+/t36-/m0/s1. The molecule has 1 heterocycles. The highest BCUT2D eigenvalue weighted by molar-refractivity contribution is 7.85. The molecule has 0 radical (unpaired) electrons. The molecule has 0 spiro atoms. The smallest absolute Gasteiger partial charge is 0.294 e. The van der Waals surface area contributed by atoms with E-state index < -0.39 is 50.4 Å². The Labute approximate surface area is 370 Å². The van der Waals surface area contributed by atoms with Crippen LogP contribution in [0.5, 0.6) is 23.0 Å². The molecule has 1 aromatic heterocycles. The third-order valence-corrected chi connectivity index (χ3v) is 10.4. The van der Waals surface area contributed by atoms with Gasteiger partial charge in [0, 0.05) is 40.6 Å². The van der Waals surface area contributed by atoms with E-state index in [1.807, 2.05) is 0 Å². The maximum atomic E-state index is 13.6. The van der Waals surface area contributed by atoms with Crippen molar-refractivity contribution in [2.75, 3.05) is 35.5 Å². The first-order valence-corrected chi connectivity index (χ1v) is 20.6. The van der Waals surface area contributed by atoms with Crippen LogP contribution in [0, 0.1) is 0 Å². The number of ether oxygens (including phenoxy) is 2. The van der Waals surface area contributed by atoms with E-state index in [9.17, 15) is 47.2 Å². The van der Waals surface area contributed by atoms with Crippen LogP contribution in [0.3, 0.4) is 0 Å². The van der Waals surface area contributed by atoms with Gasteiger partial charge >= 0.3 is 0 Å². The van der Waals surface area contributed by atoms with Crippen LogP contribution < -0.4 is 36.1 Å². The minimum absolute atomic E-state index is 0.000861. The van der Waals surface area contributed by atoms with E-state index in [4.69, 9.17) is 9.47 Å². The molecule has 334 valence electrons. The molecule has 20 nitrogen and oxygen atoms in total. The molecule has 5 aromatic carbocycles. The van der Waals surface area contributed by atoms with Crippen LogP contribution in [0.1, 0.15) is 49.3 Å². The van der Waals surface area contributed by atoms with Gasteiger partial charge in [0.25, 0.3) is 33.7 Å². The molecular weight excluding hydrogens is 865 g/mol. The van der Waals surface area contributed by atoms with Gasteiger partial charge in [0.2, 0.25) is 5.91 Å². The highest BCUT2D eigenvalue weighted by Gasteiger charge is 2.25. The van der Waals surface area contributed by atoms with Gasteiger partial charge in [-0.05, 0) is 103 Å². The number of aromatic amines is 1. The number of hydrogen-bond acceptors (Lipinski definition) is 13. The Kier molecular flexibility index (Phi) is 14.2. The van der Waals surface area contributed by atoms with Crippen molar-refractivity contribution in [1.29, 1.82) is 0 Å². The van der Waals surface area contributed by atoms with Crippen molar-refractivity contribution < 1.29 is 56.6 Å². The van der Waals surface area contributed by atoms with E-state index >= 15 is 0 Å².